The molecule has 0 aliphatic carbocycles. The molecule has 0 spiro atoms. The molecule has 6 heteroatoms. The van der Waals surface area contributed by atoms with E-state index in [2.05, 4.69) is 16.8 Å². The highest BCUT2D eigenvalue weighted by atomic mass is 35.5. The quantitative estimate of drug-likeness (QED) is 0.546. The standard InChI is InChI=1S/C23H25ClN2O2S/c1-15-9-11-26(12-10-15)23-19-6-4-5-17(3)22(19)25-14-21(23)29(27,28)18-8-7-16(2)20(24)13-18/h4-8,13-15H,9-12H2,1-3H3. The first-order chi connectivity index (χ1) is 13.8. The van der Waals surface area contributed by atoms with Crippen molar-refractivity contribution in [2.24, 2.45) is 5.92 Å². The van der Waals surface area contributed by atoms with E-state index in [1.165, 1.54) is 12.3 Å². The molecule has 4 nitrogen and oxygen atoms in total. The number of benzene rings is 2. The van der Waals surface area contributed by atoms with E-state index in [0.29, 0.717) is 10.9 Å². The third kappa shape index (κ3) is 3.62. The largest absolute Gasteiger partial charge is 0.370 e. The van der Waals surface area contributed by atoms with E-state index in [-0.39, 0.29) is 9.79 Å². The third-order valence-corrected chi connectivity index (χ3v) is 8.04. The van der Waals surface area contributed by atoms with Crippen LogP contribution in [0.15, 0.2) is 52.4 Å². The Bertz CT molecular complexity index is 1180. The number of hydrogen-bond acceptors (Lipinski definition) is 4. The van der Waals surface area contributed by atoms with Gasteiger partial charge in [0.15, 0.2) is 0 Å². The fourth-order valence-corrected chi connectivity index (χ4v) is 5.67. The molecular weight excluding hydrogens is 404 g/mol. The molecule has 0 N–H and O–H groups in total. The minimum Gasteiger partial charge on any atom is -0.370 e. The number of nitrogens with zero attached hydrogens (tertiary/aromatic N) is 2. The highest BCUT2D eigenvalue weighted by molar-refractivity contribution is 7.91. The summed E-state index contributed by atoms with van der Waals surface area (Å²) < 4.78 is 27.3. The van der Waals surface area contributed by atoms with Crippen LogP contribution in [-0.4, -0.2) is 26.5 Å². The number of para-hydroxylation sites is 1. The monoisotopic (exact) mass is 428 g/mol. The van der Waals surface area contributed by atoms with Gasteiger partial charge in [0.25, 0.3) is 0 Å². The summed E-state index contributed by atoms with van der Waals surface area (Å²) in [7, 11) is -3.76. The average Bonchev–Trinajstić information content (AvgIpc) is 2.70. The van der Waals surface area contributed by atoms with E-state index >= 15 is 0 Å². The van der Waals surface area contributed by atoms with Gasteiger partial charge in [0.05, 0.1) is 16.1 Å². The van der Waals surface area contributed by atoms with Gasteiger partial charge in [-0.1, -0.05) is 42.8 Å². The van der Waals surface area contributed by atoms with Crippen molar-refractivity contribution in [2.75, 3.05) is 18.0 Å². The molecule has 3 aromatic rings. The molecule has 0 atom stereocenters. The van der Waals surface area contributed by atoms with Crippen molar-refractivity contribution in [3.8, 4) is 0 Å². The highest BCUT2D eigenvalue weighted by Crippen LogP contribution is 2.38. The van der Waals surface area contributed by atoms with Crippen LogP contribution in [-0.2, 0) is 9.84 Å². The zero-order chi connectivity index (χ0) is 20.8. The number of hydrogen-bond donors (Lipinski definition) is 0. The van der Waals surface area contributed by atoms with E-state index in [0.717, 1.165) is 53.6 Å². The number of halogens is 1. The van der Waals surface area contributed by atoms with Crippen LogP contribution in [0.25, 0.3) is 10.9 Å². The fourth-order valence-electron chi connectivity index (χ4n) is 3.96. The lowest BCUT2D eigenvalue weighted by Gasteiger charge is -2.34. The molecule has 1 fully saturated rings. The number of fused-ring (bicyclic) bond motifs is 1. The van der Waals surface area contributed by atoms with Crippen LogP contribution in [0, 0.1) is 19.8 Å². The number of piperidine rings is 1. The van der Waals surface area contributed by atoms with E-state index in [9.17, 15) is 8.42 Å². The summed E-state index contributed by atoms with van der Waals surface area (Å²) in [6.07, 6.45) is 3.61. The van der Waals surface area contributed by atoms with Gasteiger partial charge in [0.2, 0.25) is 9.84 Å². The van der Waals surface area contributed by atoms with E-state index in [4.69, 9.17) is 11.6 Å². The lowest BCUT2D eigenvalue weighted by atomic mass is 9.98. The first-order valence-electron chi connectivity index (χ1n) is 9.93. The maximum absolute atomic E-state index is 13.6. The predicted octanol–water partition coefficient (Wildman–Crippen LogP) is 5.57. The van der Waals surface area contributed by atoms with Gasteiger partial charge < -0.3 is 4.90 Å². The van der Waals surface area contributed by atoms with Crippen molar-refractivity contribution in [2.45, 2.75) is 43.4 Å². The zero-order valence-corrected chi connectivity index (χ0v) is 18.5. The van der Waals surface area contributed by atoms with Crippen LogP contribution in [0.1, 0.15) is 30.9 Å². The second kappa shape index (κ2) is 7.62. The van der Waals surface area contributed by atoms with Crippen LogP contribution < -0.4 is 4.90 Å². The smallest absolute Gasteiger partial charge is 0.210 e. The van der Waals surface area contributed by atoms with Gasteiger partial charge in [-0.3, -0.25) is 4.98 Å². The summed E-state index contributed by atoms with van der Waals surface area (Å²) in [4.78, 5) is 7.22. The number of anilines is 1. The number of pyridine rings is 1. The van der Waals surface area contributed by atoms with Gasteiger partial charge in [-0.05, 0) is 55.9 Å². The average molecular weight is 429 g/mol. The Morgan fingerprint density at radius 1 is 1.07 bits per heavy atom. The first-order valence-corrected chi connectivity index (χ1v) is 11.8. The van der Waals surface area contributed by atoms with Crippen molar-refractivity contribution in [1.29, 1.82) is 0 Å². The molecule has 1 aliphatic rings. The fraction of sp³-hybridized carbons (Fsp3) is 0.348. The van der Waals surface area contributed by atoms with Gasteiger partial charge >= 0.3 is 0 Å². The molecule has 0 saturated carbocycles. The van der Waals surface area contributed by atoms with Gasteiger partial charge in [-0.25, -0.2) is 8.42 Å². The molecule has 0 radical (unpaired) electrons. The minimum absolute atomic E-state index is 0.202. The lowest BCUT2D eigenvalue weighted by molar-refractivity contribution is 0.437. The molecule has 1 saturated heterocycles. The minimum atomic E-state index is -3.76. The lowest BCUT2D eigenvalue weighted by Crippen LogP contribution is -2.34. The van der Waals surface area contributed by atoms with Crippen molar-refractivity contribution >= 4 is 38.0 Å². The van der Waals surface area contributed by atoms with Crippen molar-refractivity contribution < 1.29 is 8.42 Å². The topological polar surface area (TPSA) is 50.3 Å². The normalized spacial score (nSPS) is 15.8. The number of aromatic nitrogens is 1. The number of sulfone groups is 1. The Balaban J connectivity index is 1.96. The first kappa shape index (κ1) is 20.2. The maximum Gasteiger partial charge on any atom is 0.210 e. The van der Waals surface area contributed by atoms with Crippen molar-refractivity contribution in [3.63, 3.8) is 0 Å². The molecule has 0 amide bonds. The Hall–Kier alpha value is -2.11. The van der Waals surface area contributed by atoms with E-state index < -0.39 is 9.84 Å². The molecule has 152 valence electrons. The molecule has 2 aromatic carbocycles. The zero-order valence-electron chi connectivity index (χ0n) is 16.9. The highest BCUT2D eigenvalue weighted by Gasteiger charge is 2.29. The Kier molecular flexibility index (Phi) is 5.30. The second-order valence-electron chi connectivity index (χ2n) is 8.03. The second-order valence-corrected chi connectivity index (χ2v) is 10.4. The van der Waals surface area contributed by atoms with E-state index in [1.54, 1.807) is 12.1 Å². The maximum atomic E-state index is 13.6. The van der Waals surface area contributed by atoms with Crippen LogP contribution >= 0.6 is 11.6 Å². The summed E-state index contributed by atoms with van der Waals surface area (Å²) in [6, 6.07) is 10.9. The number of aryl methyl sites for hydroxylation is 2. The number of rotatable bonds is 3. The molecule has 1 aromatic heterocycles. The molecular formula is C23H25ClN2O2S. The van der Waals surface area contributed by atoms with Gasteiger partial charge in [-0.2, -0.15) is 0 Å². The van der Waals surface area contributed by atoms with Crippen LogP contribution in [0.5, 0.6) is 0 Å². The molecule has 29 heavy (non-hydrogen) atoms. The molecule has 1 aliphatic heterocycles. The summed E-state index contributed by atoms with van der Waals surface area (Å²) in [5, 5.41) is 1.34. The SMILES string of the molecule is Cc1ccc(S(=O)(=O)c2cnc3c(C)cccc3c2N2CCC(C)CC2)cc1Cl. The molecule has 2 heterocycles. The van der Waals surface area contributed by atoms with Crippen molar-refractivity contribution in [1.82, 2.24) is 4.98 Å². The molecule has 4 rings (SSSR count). The van der Waals surface area contributed by atoms with E-state index in [1.807, 2.05) is 32.0 Å². The van der Waals surface area contributed by atoms with Crippen LogP contribution in [0.3, 0.4) is 0 Å². The summed E-state index contributed by atoms with van der Waals surface area (Å²) in [5.41, 5.74) is 3.50. The van der Waals surface area contributed by atoms with Crippen molar-refractivity contribution in [3.05, 3.63) is 58.7 Å². The summed E-state index contributed by atoms with van der Waals surface area (Å²) in [6.45, 7) is 7.79. The summed E-state index contributed by atoms with van der Waals surface area (Å²) >= 11 is 6.24. The molecule has 0 unspecified atom stereocenters. The third-order valence-electron chi connectivity index (χ3n) is 5.88. The Labute approximate surface area is 177 Å². The van der Waals surface area contributed by atoms with Crippen LogP contribution in [0.4, 0.5) is 5.69 Å². The van der Waals surface area contributed by atoms with Gasteiger partial charge in [0.1, 0.15) is 4.90 Å². The molecule has 0 bridgehead atoms. The summed E-state index contributed by atoms with van der Waals surface area (Å²) in [5.74, 6) is 0.650. The Morgan fingerprint density at radius 2 is 1.79 bits per heavy atom. The van der Waals surface area contributed by atoms with Gasteiger partial charge in [-0.15, -0.1) is 0 Å². The van der Waals surface area contributed by atoms with Crippen LogP contribution in [0.2, 0.25) is 5.02 Å². The Morgan fingerprint density at radius 3 is 2.48 bits per heavy atom. The predicted molar refractivity (Wildman–Crippen MR) is 119 cm³/mol. The van der Waals surface area contributed by atoms with Gasteiger partial charge in [0, 0.05) is 29.7 Å².